The van der Waals surface area contributed by atoms with Crippen LogP contribution in [-0.4, -0.2) is 21.6 Å². The van der Waals surface area contributed by atoms with Gasteiger partial charge in [-0.3, -0.25) is 4.79 Å². The first kappa shape index (κ1) is 9.85. The Kier molecular flexibility index (Phi) is 2.21. The molecule has 1 aromatic heterocycles. The number of halogens is 1. The second-order valence-corrected chi connectivity index (χ2v) is 4.45. The zero-order valence-corrected chi connectivity index (χ0v) is 9.42. The van der Waals surface area contributed by atoms with Crippen molar-refractivity contribution in [1.29, 1.82) is 0 Å². The van der Waals surface area contributed by atoms with E-state index in [4.69, 9.17) is 11.6 Å². The molecular formula is C12H11ClN2O. The molecule has 0 saturated heterocycles. The molecule has 0 unspecified atom stereocenters. The zero-order chi connectivity index (χ0) is 11.1. The molecule has 1 saturated carbocycles. The van der Waals surface area contributed by atoms with Gasteiger partial charge in [0.2, 0.25) is 0 Å². The largest absolute Gasteiger partial charge is 0.342 e. The molecule has 1 fully saturated rings. The summed E-state index contributed by atoms with van der Waals surface area (Å²) in [6.07, 6.45) is 2.43. The summed E-state index contributed by atoms with van der Waals surface area (Å²) in [5.41, 5.74) is 2.50. The molecule has 3 rings (SSSR count). The number of hydrogen-bond donors (Lipinski definition) is 1. The number of carbonyl (C=O) groups is 1. The number of fused-ring (bicyclic) bond motifs is 1. The fraction of sp³-hybridized carbons (Fsp3) is 0.333. The first-order valence-electron chi connectivity index (χ1n) is 5.37. The molecule has 4 heteroatoms. The third kappa shape index (κ3) is 1.61. The summed E-state index contributed by atoms with van der Waals surface area (Å²) in [4.78, 5) is 19.2. The van der Waals surface area contributed by atoms with Crippen LogP contribution in [0.1, 0.15) is 34.9 Å². The van der Waals surface area contributed by atoms with Crippen molar-refractivity contribution in [3.63, 3.8) is 0 Å². The van der Waals surface area contributed by atoms with Crippen LogP contribution in [0.4, 0.5) is 0 Å². The number of aromatic amines is 1. The van der Waals surface area contributed by atoms with Gasteiger partial charge < -0.3 is 4.98 Å². The lowest BCUT2D eigenvalue weighted by Crippen LogP contribution is -1.99. The predicted molar refractivity (Wildman–Crippen MR) is 63.1 cm³/mol. The molecule has 0 atom stereocenters. The third-order valence-electron chi connectivity index (χ3n) is 2.91. The molecule has 1 aliphatic rings. The molecule has 1 heterocycles. The summed E-state index contributed by atoms with van der Waals surface area (Å²) in [7, 11) is 0. The van der Waals surface area contributed by atoms with Crippen molar-refractivity contribution < 1.29 is 4.79 Å². The van der Waals surface area contributed by atoms with E-state index in [2.05, 4.69) is 9.97 Å². The van der Waals surface area contributed by atoms with Crippen molar-refractivity contribution in [3.8, 4) is 0 Å². The van der Waals surface area contributed by atoms with Crippen LogP contribution in [-0.2, 0) is 0 Å². The summed E-state index contributed by atoms with van der Waals surface area (Å²) in [5.74, 6) is 1.62. The Hall–Kier alpha value is -1.35. The number of benzene rings is 1. The first-order valence-corrected chi connectivity index (χ1v) is 5.90. The Balaban J connectivity index is 2.06. The zero-order valence-electron chi connectivity index (χ0n) is 8.66. The Morgan fingerprint density at radius 2 is 2.31 bits per heavy atom. The number of alkyl halides is 1. The number of nitrogens with one attached hydrogen (secondary N) is 1. The van der Waals surface area contributed by atoms with Crippen molar-refractivity contribution in [2.45, 2.75) is 18.8 Å². The van der Waals surface area contributed by atoms with Crippen molar-refractivity contribution >= 4 is 28.4 Å². The summed E-state index contributed by atoms with van der Waals surface area (Å²) in [5, 5.41) is 0. The van der Waals surface area contributed by atoms with Crippen molar-refractivity contribution in [3.05, 3.63) is 29.6 Å². The van der Waals surface area contributed by atoms with Crippen LogP contribution in [0.25, 0.3) is 11.0 Å². The highest BCUT2D eigenvalue weighted by atomic mass is 35.5. The summed E-state index contributed by atoms with van der Waals surface area (Å²) >= 11 is 5.53. The predicted octanol–water partition coefficient (Wildman–Crippen LogP) is 2.86. The van der Waals surface area contributed by atoms with Gasteiger partial charge in [-0.2, -0.15) is 0 Å². The molecule has 0 bridgehead atoms. The lowest BCUT2D eigenvalue weighted by molar-refractivity contribution is 0.102. The Morgan fingerprint density at radius 1 is 1.50 bits per heavy atom. The SMILES string of the molecule is O=C(CCl)c1ccc2nc(C3CC3)[nH]c2c1. The molecule has 3 nitrogen and oxygen atoms in total. The number of aromatic nitrogens is 2. The van der Waals surface area contributed by atoms with Gasteiger partial charge in [0.15, 0.2) is 5.78 Å². The van der Waals surface area contributed by atoms with Crippen LogP contribution in [0.3, 0.4) is 0 Å². The highest BCUT2D eigenvalue weighted by Gasteiger charge is 2.26. The Bertz CT molecular complexity index is 557. The fourth-order valence-corrected chi connectivity index (χ4v) is 1.98. The molecule has 0 radical (unpaired) electrons. The van der Waals surface area contributed by atoms with E-state index in [9.17, 15) is 4.79 Å². The van der Waals surface area contributed by atoms with E-state index in [-0.39, 0.29) is 11.7 Å². The molecule has 1 aromatic carbocycles. The van der Waals surface area contributed by atoms with Gasteiger partial charge in [0, 0.05) is 11.5 Å². The molecule has 1 aliphatic carbocycles. The van der Waals surface area contributed by atoms with E-state index in [0.29, 0.717) is 11.5 Å². The number of rotatable bonds is 3. The summed E-state index contributed by atoms with van der Waals surface area (Å²) in [6.45, 7) is 0. The van der Waals surface area contributed by atoms with Crippen molar-refractivity contribution in [2.24, 2.45) is 0 Å². The minimum Gasteiger partial charge on any atom is -0.342 e. The van der Waals surface area contributed by atoms with Crippen LogP contribution in [0.15, 0.2) is 18.2 Å². The molecule has 0 aliphatic heterocycles. The maximum absolute atomic E-state index is 11.4. The van der Waals surface area contributed by atoms with E-state index in [1.54, 1.807) is 6.07 Å². The molecule has 16 heavy (non-hydrogen) atoms. The Morgan fingerprint density at radius 3 is 3.00 bits per heavy atom. The van der Waals surface area contributed by atoms with Crippen LogP contribution in [0, 0.1) is 0 Å². The number of nitrogens with zero attached hydrogens (tertiary/aromatic N) is 1. The van der Waals surface area contributed by atoms with Gasteiger partial charge in [-0.15, -0.1) is 11.6 Å². The molecule has 0 amide bonds. The summed E-state index contributed by atoms with van der Waals surface area (Å²) < 4.78 is 0. The molecule has 2 aromatic rings. The Labute approximate surface area is 97.8 Å². The van der Waals surface area contributed by atoms with Gasteiger partial charge in [-0.1, -0.05) is 0 Å². The number of H-pyrrole nitrogens is 1. The maximum atomic E-state index is 11.4. The topological polar surface area (TPSA) is 45.8 Å². The minimum atomic E-state index is -0.0499. The van der Waals surface area contributed by atoms with Gasteiger partial charge in [0.25, 0.3) is 0 Å². The first-order chi connectivity index (χ1) is 7.78. The van der Waals surface area contributed by atoms with E-state index in [1.165, 1.54) is 12.8 Å². The van der Waals surface area contributed by atoms with E-state index in [0.717, 1.165) is 16.9 Å². The second kappa shape index (κ2) is 3.59. The van der Waals surface area contributed by atoms with Crippen LogP contribution < -0.4 is 0 Å². The monoisotopic (exact) mass is 234 g/mol. The third-order valence-corrected chi connectivity index (χ3v) is 3.15. The van der Waals surface area contributed by atoms with E-state index in [1.807, 2.05) is 12.1 Å². The van der Waals surface area contributed by atoms with E-state index < -0.39 is 0 Å². The number of Topliss-reactive ketones (excluding diaryl/α,β-unsaturated/α-hetero) is 1. The lowest BCUT2D eigenvalue weighted by atomic mass is 10.1. The average molecular weight is 235 g/mol. The van der Waals surface area contributed by atoms with Crippen LogP contribution >= 0.6 is 11.6 Å². The molecular weight excluding hydrogens is 224 g/mol. The number of ketones is 1. The number of hydrogen-bond acceptors (Lipinski definition) is 2. The molecule has 0 spiro atoms. The van der Waals surface area contributed by atoms with Gasteiger partial charge in [-0.25, -0.2) is 4.98 Å². The average Bonchev–Trinajstić information content (AvgIpc) is 3.07. The molecule has 82 valence electrons. The quantitative estimate of drug-likeness (QED) is 0.656. The minimum absolute atomic E-state index is 0.0229. The fourth-order valence-electron chi connectivity index (χ4n) is 1.83. The highest BCUT2D eigenvalue weighted by molar-refractivity contribution is 6.30. The van der Waals surface area contributed by atoms with Crippen molar-refractivity contribution in [1.82, 2.24) is 9.97 Å². The molecule has 1 N–H and O–H groups in total. The number of imidazole rings is 1. The van der Waals surface area contributed by atoms with Crippen molar-refractivity contribution in [2.75, 3.05) is 5.88 Å². The normalized spacial score (nSPS) is 15.6. The van der Waals surface area contributed by atoms with Crippen LogP contribution in [0.5, 0.6) is 0 Å². The number of carbonyl (C=O) groups excluding carboxylic acids is 1. The van der Waals surface area contributed by atoms with Gasteiger partial charge in [-0.05, 0) is 31.0 Å². The van der Waals surface area contributed by atoms with Crippen LogP contribution in [0.2, 0.25) is 0 Å². The second-order valence-electron chi connectivity index (χ2n) is 4.19. The maximum Gasteiger partial charge on any atom is 0.177 e. The van der Waals surface area contributed by atoms with Gasteiger partial charge in [0.1, 0.15) is 5.82 Å². The smallest absolute Gasteiger partial charge is 0.177 e. The lowest BCUT2D eigenvalue weighted by Gasteiger charge is -1.95. The highest BCUT2D eigenvalue weighted by Crippen LogP contribution is 2.39. The standard InChI is InChI=1S/C12H11ClN2O/c13-6-11(16)8-3-4-9-10(5-8)15-12(14-9)7-1-2-7/h3-5,7H,1-2,6H2,(H,14,15). The summed E-state index contributed by atoms with van der Waals surface area (Å²) in [6, 6.07) is 5.49. The van der Waals surface area contributed by atoms with Gasteiger partial charge in [0.05, 0.1) is 16.9 Å². The van der Waals surface area contributed by atoms with E-state index >= 15 is 0 Å². The van der Waals surface area contributed by atoms with Gasteiger partial charge >= 0.3 is 0 Å².